The van der Waals surface area contributed by atoms with Gasteiger partial charge in [-0.2, -0.15) is 0 Å². The zero-order chi connectivity index (χ0) is 20.0. The number of anilines is 1. The number of hydrogen-bond acceptors (Lipinski definition) is 4. The summed E-state index contributed by atoms with van der Waals surface area (Å²) in [5, 5.41) is 5.29. The molecule has 0 aliphatic carbocycles. The molecule has 0 bridgehead atoms. The Morgan fingerprint density at radius 3 is 2.55 bits per heavy atom. The normalized spacial score (nSPS) is 11.3. The summed E-state index contributed by atoms with van der Waals surface area (Å²) >= 11 is 0. The summed E-state index contributed by atoms with van der Waals surface area (Å²) in [6.45, 7) is 1.62. The molecule has 142 valence electrons. The van der Waals surface area contributed by atoms with Crippen LogP contribution in [-0.2, 0) is 11.3 Å². The third-order valence-electron chi connectivity index (χ3n) is 5.01. The summed E-state index contributed by atoms with van der Waals surface area (Å²) < 4.78 is 7.21. The molecule has 0 fully saturated rings. The second-order valence-corrected chi connectivity index (χ2v) is 6.92. The molecule has 6 nitrogen and oxygen atoms in total. The van der Waals surface area contributed by atoms with Gasteiger partial charge in [0.15, 0.2) is 0 Å². The van der Waals surface area contributed by atoms with Gasteiger partial charge in [0.2, 0.25) is 5.91 Å². The van der Waals surface area contributed by atoms with Crippen molar-refractivity contribution in [3.05, 3.63) is 82.9 Å². The number of rotatable bonds is 3. The van der Waals surface area contributed by atoms with Crippen molar-refractivity contribution >= 4 is 44.4 Å². The summed E-state index contributed by atoms with van der Waals surface area (Å²) in [5.41, 5.74) is 2.61. The SMILES string of the molecule is Cc1nc2ccccc2c(=O)n1CC(=O)Nc1ccc2oc3ccccc3c2c1. The van der Waals surface area contributed by atoms with Crippen LogP contribution in [0.5, 0.6) is 0 Å². The van der Waals surface area contributed by atoms with Gasteiger partial charge in [-0.15, -0.1) is 0 Å². The highest BCUT2D eigenvalue weighted by Gasteiger charge is 2.13. The van der Waals surface area contributed by atoms with E-state index in [2.05, 4.69) is 10.3 Å². The van der Waals surface area contributed by atoms with E-state index in [1.54, 1.807) is 31.2 Å². The lowest BCUT2D eigenvalue weighted by molar-refractivity contribution is -0.116. The first kappa shape index (κ1) is 17.2. The molecular formula is C23H17N3O3. The highest BCUT2D eigenvalue weighted by Crippen LogP contribution is 2.30. The minimum Gasteiger partial charge on any atom is -0.456 e. The maximum atomic E-state index is 12.8. The molecule has 2 aromatic heterocycles. The molecule has 0 unspecified atom stereocenters. The van der Waals surface area contributed by atoms with Crippen molar-refractivity contribution in [1.29, 1.82) is 0 Å². The Bertz CT molecular complexity index is 1460. The Balaban J connectivity index is 1.46. The number of aryl methyl sites for hydroxylation is 1. The van der Waals surface area contributed by atoms with Gasteiger partial charge in [-0.3, -0.25) is 14.2 Å². The van der Waals surface area contributed by atoms with Crippen LogP contribution in [-0.4, -0.2) is 15.5 Å². The first-order valence-corrected chi connectivity index (χ1v) is 9.27. The maximum absolute atomic E-state index is 12.8. The molecule has 1 N–H and O–H groups in total. The molecular weight excluding hydrogens is 366 g/mol. The smallest absolute Gasteiger partial charge is 0.261 e. The van der Waals surface area contributed by atoms with E-state index < -0.39 is 0 Å². The lowest BCUT2D eigenvalue weighted by atomic mass is 10.1. The van der Waals surface area contributed by atoms with Gasteiger partial charge < -0.3 is 9.73 Å². The van der Waals surface area contributed by atoms with E-state index in [4.69, 9.17) is 4.42 Å². The molecule has 2 heterocycles. The number of amides is 1. The molecule has 0 aliphatic heterocycles. The van der Waals surface area contributed by atoms with Crippen molar-refractivity contribution in [3.8, 4) is 0 Å². The molecule has 0 radical (unpaired) electrons. The second kappa shape index (κ2) is 6.60. The van der Waals surface area contributed by atoms with Gasteiger partial charge in [-0.1, -0.05) is 30.3 Å². The highest BCUT2D eigenvalue weighted by molar-refractivity contribution is 6.06. The van der Waals surface area contributed by atoms with Crippen LogP contribution < -0.4 is 10.9 Å². The van der Waals surface area contributed by atoms with Crippen molar-refractivity contribution in [1.82, 2.24) is 9.55 Å². The predicted molar refractivity (Wildman–Crippen MR) is 113 cm³/mol. The first-order valence-electron chi connectivity index (χ1n) is 9.27. The summed E-state index contributed by atoms with van der Waals surface area (Å²) in [4.78, 5) is 29.8. The van der Waals surface area contributed by atoms with E-state index in [1.807, 2.05) is 42.5 Å². The number of fused-ring (bicyclic) bond motifs is 4. The van der Waals surface area contributed by atoms with Gasteiger partial charge in [0.25, 0.3) is 5.56 Å². The van der Waals surface area contributed by atoms with Crippen molar-refractivity contribution in [2.75, 3.05) is 5.32 Å². The van der Waals surface area contributed by atoms with Crippen molar-refractivity contribution in [3.63, 3.8) is 0 Å². The van der Waals surface area contributed by atoms with Gasteiger partial charge >= 0.3 is 0 Å². The van der Waals surface area contributed by atoms with Crippen LogP contribution in [0.2, 0.25) is 0 Å². The number of nitrogens with zero attached hydrogens (tertiary/aromatic N) is 2. The topological polar surface area (TPSA) is 77.1 Å². The van der Waals surface area contributed by atoms with Gasteiger partial charge in [0.05, 0.1) is 10.9 Å². The van der Waals surface area contributed by atoms with Crippen molar-refractivity contribution in [2.45, 2.75) is 13.5 Å². The van der Waals surface area contributed by atoms with Gasteiger partial charge in [-0.05, 0) is 43.3 Å². The van der Waals surface area contributed by atoms with Crippen molar-refractivity contribution < 1.29 is 9.21 Å². The van der Waals surface area contributed by atoms with E-state index in [9.17, 15) is 9.59 Å². The quantitative estimate of drug-likeness (QED) is 0.505. The summed E-state index contributed by atoms with van der Waals surface area (Å²) in [7, 11) is 0. The molecule has 5 rings (SSSR count). The summed E-state index contributed by atoms with van der Waals surface area (Å²) in [5.74, 6) is 0.208. The second-order valence-electron chi connectivity index (χ2n) is 6.92. The number of carbonyl (C=O) groups is 1. The van der Waals surface area contributed by atoms with Crippen LogP contribution in [0.25, 0.3) is 32.8 Å². The maximum Gasteiger partial charge on any atom is 0.261 e. The molecule has 0 aliphatic rings. The van der Waals surface area contributed by atoms with Crippen LogP contribution in [0, 0.1) is 6.92 Å². The Labute approximate surface area is 165 Å². The van der Waals surface area contributed by atoms with Crippen LogP contribution in [0.15, 0.2) is 75.9 Å². The Kier molecular flexibility index (Phi) is 3.91. The number of carbonyl (C=O) groups excluding carboxylic acids is 1. The number of para-hydroxylation sites is 2. The zero-order valence-corrected chi connectivity index (χ0v) is 15.7. The lowest BCUT2D eigenvalue weighted by Gasteiger charge is -2.11. The molecule has 29 heavy (non-hydrogen) atoms. The molecule has 0 atom stereocenters. The number of nitrogens with one attached hydrogen (secondary N) is 1. The van der Waals surface area contributed by atoms with E-state index in [0.29, 0.717) is 22.4 Å². The monoisotopic (exact) mass is 383 g/mol. The van der Waals surface area contributed by atoms with E-state index in [1.165, 1.54) is 4.57 Å². The molecule has 5 aromatic rings. The van der Waals surface area contributed by atoms with Crippen LogP contribution in [0.1, 0.15) is 5.82 Å². The fourth-order valence-electron chi connectivity index (χ4n) is 3.61. The third-order valence-corrected chi connectivity index (χ3v) is 5.01. The number of hydrogen-bond donors (Lipinski definition) is 1. The minimum absolute atomic E-state index is 0.104. The fourth-order valence-corrected chi connectivity index (χ4v) is 3.61. The molecule has 0 spiro atoms. The summed E-state index contributed by atoms with van der Waals surface area (Å²) in [6.07, 6.45) is 0. The summed E-state index contributed by atoms with van der Waals surface area (Å²) in [6, 6.07) is 20.4. The number of benzene rings is 3. The van der Waals surface area contributed by atoms with E-state index in [0.717, 1.165) is 21.9 Å². The number of furan rings is 1. The lowest BCUT2D eigenvalue weighted by Crippen LogP contribution is -2.30. The molecule has 0 saturated carbocycles. The van der Waals surface area contributed by atoms with Crippen LogP contribution in [0.4, 0.5) is 5.69 Å². The third kappa shape index (κ3) is 2.95. The van der Waals surface area contributed by atoms with E-state index in [-0.39, 0.29) is 18.0 Å². The highest BCUT2D eigenvalue weighted by atomic mass is 16.3. The largest absolute Gasteiger partial charge is 0.456 e. The first-order chi connectivity index (χ1) is 14.1. The van der Waals surface area contributed by atoms with Crippen LogP contribution >= 0.6 is 0 Å². The fraction of sp³-hybridized carbons (Fsp3) is 0.0870. The van der Waals surface area contributed by atoms with Gasteiger partial charge in [-0.25, -0.2) is 4.98 Å². The van der Waals surface area contributed by atoms with Crippen LogP contribution in [0.3, 0.4) is 0 Å². The average Bonchev–Trinajstić information content (AvgIpc) is 3.09. The minimum atomic E-state index is -0.292. The van der Waals surface area contributed by atoms with Gasteiger partial charge in [0, 0.05) is 16.5 Å². The standard InChI is InChI=1S/C23H17N3O3/c1-14-24-19-8-4-2-7-17(19)23(28)26(14)13-22(27)25-15-10-11-21-18(12-15)16-6-3-5-9-20(16)29-21/h2-12H,13H2,1H3,(H,25,27). The predicted octanol–water partition coefficient (Wildman–Crippen LogP) is 4.24. The molecule has 6 heteroatoms. The Morgan fingerprint density at radius 1 is 0.966 bits per heavy atom. The Hall–Kier alpha value is -3.93. The molecule has 3 aromatic carbocycles. The van der Waals surface area contributed by atoms with E-state index >= 15 is 0 Å². The zero-order valence-electron chi connectivity index (χ0n) is 15.7. The molecule has 1 amide bonds. The number of aromatic nitrogens is 2. The van der Waals surface area contributed by atoms with Gasteiger partial charge in [0.1, 0.15) is 23.5 Å². The van der Waals surface area contributed by atoms with Crippen molar-refractivity contribution in [2.24, 2.45) is 0 Å². The Morgan fingerprint density at radius 2 is 1.69 bits per heavy atom. The average molecular weight is 383 g/mol. The molecule has 0 saturated heterocycles.